The molecule has 1 rings (SSSR count). The molecule has 2 atom stereocenters. The highest BCUT2D eigenvalue weighted by atomic mass is 14.9. The first-order valence-electron chi connectivity index (χ1n) is 5.08. The average molecular weight is 155 g/mol. The molecule has 0 amide bonds. The third-order valence-corrected chi connectivity index (χ3v) is 2.93. The minimum atomic E-state index is 0.808. The largest absolute Gasteiger partial charge is 0.314 e. The van der Waals surface area contributed by atoms with Crippen LogP contribution in [-0.2, 0) is 0 Å². The Morgan fingerprint density at radius 3 is 2.91 bits per heavy atom. The summed E-state index contributed by atoms with van der Waals surface area (Å²) in [7, 11) is 0. The first-order valence-corrected chi connectivity index (χ1v) is 5.08. The van der Waals surface area contributed by atoms with E-state index in [1.807, 2.05) is 0 Å². The van der Waals surface area contributed by atoms with E-state index in [4.69, 9.17) is 0 Å². The van der Waals surface area contributed by atoms with Crippen LogP contribution in [0.5, 0.6) is 0 Å². The number of hydrogen-bond acceptors (Lipinski definition) is 1. The SMILES string of the molecule is CC[C@@H](C)[C@H]1CCCCCN1. The van der Waals surface area contributed by atoms with Gasteiger partial charge in [0.05, 0.1) is 0 Å². The molecule has 1 nitrogen and oxygen atoms in total. The van der Waals surface area contributed by atoms with Crippen LogP contribution in [0.4, 0.5) is 0 Å². The fraction of sp³-hybridized carbons (Fsp3) is 1.00. The van der Waals surface area contributed by atoms with Gasteiger partial charge in [-0.3, -0.25) is 0 Å². The molecular formula is C10H21N. The molecule has 1 saturated heterocycles. The third-order valence-electron chi connectivity index (χ3n) is 2.93. The van der Waals surface area contributed by atoms with Crippen LogP contribution in [0, 0.1) is 5.92 Å². The highest BCUT2D eigenvalue weighted by Crippen LogP contribution is 2.17. The average Bonchev–Trinajstić information content (AvgIpc) is 2.30. The molecule has 0 aromatic heterocycles. The molecule has 0 aromatic carbocycles. The maximum atomic E-state index is 3.63. The molecule has 1 heteroatoms. The zero-order chi connectivity index (χ0) is 8.10. The summed E-state index contributed by atoms with van der Waals surface area (Å²) >= 11 is 0. The van der Waals surface area contributed by atoms with E-state index in [2.05, 4.69) is 19.2 Å². The van der Waals surface area contributed by atoms with Crippen molar-refractivity contribution < 1.29 is 0 Å². The van der Waals surface area contributed by atoms with Crippen molar-refractivity contribution in [2.75, 3.05) is 6.54 Å². The molecule has 1 N–H and O–H groups in total. The third kappa shape index (κ3) is 2.82. The van der Waals surface area contributed by atoms with Crippen LogP contribution in [0.2, 0.25) is 0 Å². The summed E-state index contributed by atoms with van der Waals surface area (Å²) in [5.41, 5.74) is 0. The quantitative estimate of drug-likeness (QED) is 0.646. The van der Waals surface area contributed by atoms with Crippen LogP contribution in [0.1, 0.15) is 46.0 Å². The molecule has 0 radical (unpaired) electrons. The predicted octanol–water partition coefficient (Wildman–Crippen LogP) is 2.56. The lowest BCUT2D eigenvalue weighted by atomic mass is 9.95. The summed E-state index contributed by atoms with van der Waals surface area (Å²) in [6.45, 7) is 5.90. The molecule has 1 aliphatic heterocycles. The molecule has 1 aliphatic rings. The topological polar surface area (TPSA) is 12.0 Å². The maximum Gasteiger partial charge on any atom is 0.00925 e. The van der Waals surface area contributed by atoms with Gasteiger partial charge in [-0.1, -0.05) is 33.1 Å². The van der Waals surface area contributed by atoms with Crippen molar-refractivity contribution in [3.8, 4) is 0 Å². The first-order chi connectivity index (χ1) is 5.34. The van der Waals surface area contributed by atoms with E-state index >= 15 is 0 Å². The molecule has 0 aromatic rings. The summed E-state index contributed by atoms with van der Waals surface area (Å²) in [4.78, 5) is 0. The van der Waals surface area contributed by atoms with Crippen LogP contribution in [-0.4, -0.2) is 12.6 Å². The molecular weight excluding hydrogens is 134 g/mol. The Morgan fingerprint density at radius 2 is 2.18 bits per heavy atom. The Hall–Kier alpha value is -0.0400. The van der Waals surface area contributed by atoms with Gasteiger partial charge in [0, 0.05) is 6.04 Å². The van der Waals surface area contributed by atoms with Gasteiger partial charge < -0.3 is 5.32 Å². The van der Waals surface area contributed by atoms with Crippen molar-refractivity contribution in [1.29, 1.82) is 0 Å². The Balaban J connectivity index is 2.30. The van der Waals surface area contributed by atoms with Crippen LogP contribution in [0.25, 0.3) is 0 Å². The molecule has 0 spiro atoms. The van der Waals surface area contributed by atoms with Gasteiger partial charge in [-0.15, -0.1) is 0 Å². The zero-order valence-electron chi connectivity index (χ0n) is 7.90. The fourth-order valence-electron chi connectivity index (χ4n) is 1.83. The normalized spacial score (nSPS) is 29.5. The lowest BCUT2D eigenvalue weighted by molar-refractivity contribution is 0.362. The summed E-state index contributed by atoms with van der Waals surface area (Å²) in [5, 5.41) is 3.63. The smallest absolute Gasteiger partial charge is 0.00925 e. The van der Waals surface area contributed by atoms with Crippen LogP contribution in [0.3, 0.4) is 0 Å². The molecule has 1 fully saturated rings. The fourth-order valence-corrected chi connectivity index (χ4v) is 1.83. The Labute approximate surface area is 70.6 Å². The molecule has 1 heterocycles. The van der Waals surface area contributed by atoms with Crippen molar-refractivity contribution in [1.82, 2.24) is 5.32 Å². The summed E-state index contributed by atoms with van der Waals surface area (Å²) in [6, 6.07) is 0.808. The van der Waals surface area contributed by atoms with Gasteiger partial charge in [-0.2, -0.15) is 0 Å². The van der Waals surface area contributed by atoms with E-state index in [1.165, 1.54) is 38.6 Å². The second-order valence-electron chi connectivity index (χ2n) is 3.80. The van der Waals surface area contributed by atoms with Gasteiger partial charge in [-0.25, -0.2) is 0 Å². The van der Waals surface area contributed by atoms with Crippen molar-refractivity contribution in [2.45, 2.75) is 52.0 Å². The molecule has 0 bridgehead atoms. The molecule has 11 heavy (non-hydrogen) atoms. The summed E-state index contributed by atoms with van der Waals surface area (Å²) < 4.78 is 0. The number of nitrogens with one attached hydrogen (secondary N) is 1. The minimum absolute atomic E-state index is 0.808. The van der Waals surface area contributed by atoms with Crippen LogP contribution in [0.15, 0.2) is 0 Å². The van der Waals surface area contributed by atoms with Crippen LogP contribution < -0.4 is 5.32 Å². The molecule has 0 unspecified atom stereocenters. The maximum absolute atomic E-state index is 3.63. The number of rotatable bonds is 2. The Kier molecular flexibility index (Phi) is 3.92. The van der Waals surface area contributed by atoms with Gasteiger partial charge in [0.2, 0.25) is 0 Å². The number of hydrogen-bond donors (Lipinski definition) is 1. The first kappa shape index (κ1) is 9.05. The van der Waals surface area contributed by atoms with E-state index in [-0.39, 0.29) is 0 Å². The molecule has 0 aliphatic carbocycles. The highest BCUT2D eigenvalue weighted by molar-refractivity contribution is 4.74. The summed E-state index contributed by atoms with van der Waals surface area (Å²) in [6.07, 6.45) is 6.96. The van der Waals surface area contributed by atoms with Gasteiger partial charge in [-0.05, 0) is 25.3 Å². The summed E-state index contributed by atoms with van der Waals surface area (Å²) in [5.74, 6) is 0.869. The minimum Gasteiger partial charge on any atom is -0.314 e. The van der Waals surface area contributed by atoms with Gasteiger partial charge >= 0.3 is 0 Å². The van der Waals surface area contributed by atoms with Gasteiger partial charge in [0.15, 0.2) is 0 Å². The monoisotopic (exact) mass is 155 g/mol. The van der Waals surface area contributed by atoms with E-state index in [0.717, 1.165) is 12.0 Å². The Morgan fingerprint density at radius 1 is 1.36 bits per heavy atom. The van der Waals surface area contributed by atoms with Crippen molar-refractivity contribution in [3.05, 3.63) is 0 Å². The molecule has 0 saturated carbocycles. The molecule has 66 valence electrons. The van der Waals surface area contributed by atoms with E-state index in [9.17, 15) is 0 Å². The second-order valence-corrected chi connectivity index (χ2v) is 3.80. The van der Waals surface area contributed by atoms with Crippen molar-refractivity contribution >= 4 is 0 Å². The highest BCUT2D eigenvalue weighted by Gasteiger charge is 2.16. The zero-order valence-corrected chi connectivity index (χ0v) is 7.90. The van der Waals surface area contributed by atoms with E-state index in [1.54, 1.807) is 0 Å². The lowest BCUT2D eigenvalue weighted by Crippen LogP contribution is -2.33. The standard InChI is InChI=1S/C10H21N/c1-3-9(2)10-7-5-4-6-8-11-10/h9-11H,3-8H2,1-2H3/t9-,10-/m1/s1. The van der Waals surface area contributed by atoms with E-state index in [0.29, 0.717) is 0 Å². The van der Waals surface area contributed by atoms with Crippen molar-refractivity contribution in [3.63, 3.8) is 0 Å². The van der Waals surface area contributed by atoms with Gasteiger partial charge in [0.25, 0.3) is 0 Å². The van der Waals surface area contributed by atoms with Gasteiger partial charge in [0.1, 0.15) is 0 Å². The van der Waals surface area contributed by atoms with Crippen molar-refractivity contribution in [2.24, 2.45) is 5.92 Å². The van der Waals surface area contributed by atoms with Crippen LogP contribution >= 0.6 is 0 Å². The predicted molar refractivity (Wildman–Crippen MR) is 49.7 cm³/mol. The van der Waals surface area contributed by atoms with E-state index < -0.39 is 0 Å². The Bertz CT molecular complexity index is 93.0. The second kappa shape index (κ2) is 4.76. The lowest BCUT2D eigenvalue weighted by Gasteiger charge is -2.21.